The second-order valence-corrected chi connectivity index (χ2v) is 8.04. The molecule has 3 rings (SSSR count). The number of rotatable bonds is 5. The molecule has 0 aliphatic heterocycles. The molecule has 0 spiro atoms. The Hall–Kier alpha value is -2.67. The van der Waals surface area contributed by atoms with Crippen molar-refractivity contribution in [3.63, 3.8) is 0 Å². The number of carbonyl (C=O) groups excluding carboxylic acids is 1. The third kappa shape index (κ3) is 4.36. The Morgan fingerprint density at radius 1 is 1.04 bits per heavy atom. The van der Waals surface area contributed by atoms with Gasteiger partial charge in [-0.1, -0.05) is 41.6 Å². The summed E-state index contributed by atoms with van der Waals surface area (Å²) >= 11 is 1.34. The molecule has 0 saturated heterocycles. The summed E-state index contributed by atoms with van der Waals surface area (Å²) in [7, 11) is 0. The van der Waals surface area contributed by atoms with E-state index in [0.29, 0.717) is 5.16 Å². The Labute approximate surface area is 163 Å². The predicted octanol–water partition coefficient (Wildman–Crippen LogP) is 4.02. The van der Waals surface area contributed by atoms with E-state index in [1.807, 2.05) is 65.0 Å². The number of hydrogen-bond acceptors (Lipinski definition) is 5. The number of thioether (sulfide) groups is 1. The number of aromatic nitrogens is 4. The van der Waals surface area contributed by atoms with Gasteiger partial charge in [0.25, 0.3) is 0 Å². The molecule has 7 heteroatoms. The fourth-order valence-electron chi connectivity index (χ4n) is 2.76. The van der Waals surface area contributed by atoms with Crippen LogP contribution in [0.1, 0.15) is 29.2 Å². The fourth-order valence-corrected chi connectivity index (χ4v) is 3.56. The Bertz CT molecular complexity index is 982. The number of carbonyl (C=O) groups is 1. The number of tetrazole rings is 1. The maximum Gasteiger partial charge on any atom is 0.237 e. The van der Waals surface area contributed by atoms with Gasteiger partial charge in [-0.2, -0.15) is 4.68 Å². The predicted molar refractivity (Wildman–Crippen MR) is 108 cm³/mol. The standard InChI is InChI=1S/C20H23N5OS/c1-12-7-9-18(15(4)10-12)25-20(22-23-24-25)27-16(5)19(26)21-17-11-13(2)6-8-14(17)3/h6-11,16H,1-5H3,(H,21,26)/t16-/m1/s1. The summed E-state index contributed by atoms with van der Waals surface area (Å²) in [4.78, 5) is 12.7. The number of anilines is 1. The van der Waals surface area contributed by atoms with Crippen LogP contribution in [0.4, 0.5) is 5.69 Å². The molecule has 0 fully saturated rings. The first-order valence-corrected chi connectivity index (χ1v) is 9.64. The number of aryl methyl sites for hydroxylation is 4. The van der Waals surface area contributed by atoms with Gasteiger partial charge >= 0.3 is 0 Å². The molecule has 1 N–H and O–H groups in total. The minimum Gasteiger partial charge on any atom is -0.325 e. The number of nitrogens with zero attached hydrogens (tertiary/aromatic N) is 4. The molecule has 6 nitrogen and oxygen atoms in total. The lowest BCUT2D eigenvalue weighted by atomic mass is 10.1. The molecule has 1 amide bonds. The molecule has 3 aromatic rings. The Morgan fingerprint density at radius 3 is 2.48 bits per heavy atom. The normalized spacial score (nSPS) is 12.0. The third-order valence-electron chi connectivity index (χ3n) is 4.32. The van der Waals surface area contributed by atoms with Gasteiger partial charge in [0.05, 0.1) is 10.9 Å². The molecule has 0 bridgehead atoms. The Morgan fingerprint density at radius 2 is 1.74 bits per heavy atom. The number of hydrogen-bond donors (Lipinski definition) is 1. The van der Waals surface area contributed by atoms with Gasteiger partial charge in [-0.05, 0) is 73.9 Å². The van der Waals surface area contributed by atoms with Crippen LogP contribution in [0, 0.1) is 27.7 Å². The third-order valence-corrected chi connectivity index (χ3v) is 5.36. The van der Waals surface area contributed by atoms with Crippen molar-refractivity contribution in [1.82, 2.24) is 20.2 Å². The van der Waals surface area contributed by atoms with Crippen LogP contribution in [-0.4, -0.2) is 31.4 Å². The molecule has 140 valence electrons. The molecule has 0 saturated carbocycles. The van der Waals surface area contributed by atoms with Crippen LogP contribution in [0.2, 0.25) is 0 Å². The van der Waals surface area contributed by atoms with Gasteiger partial charge in [-0.3, -0.25) is 4.79 Å². The highest BCUT2D eigenvalue weighted by Crippen LogP contribution is 2.26. The summed E-state index contributed by atoms with van der Waals surface area (Å²) in [5, 5.41) is 15.2. The molecule has 1 heterocycles. The maximum atomic E-state index is 12.7. The van der Waals surface area contributed by atoms with Gasteiger partial charge in [-0.15, -0.1) is 5.10 Å². The second kappa shape index (κ2) is 7.92. The molecule has 0 unspecified atom stereocenters. The van der Waals surface area contributed by atoms with Crippen LogP contribution in [0.15, 0.2) is 41.6 Å². The van der Waals surface area contributed by atoms with E-state index >= 15 is 0 Å². The monoisotopic (exact) mass is 381 g/mol. The zero-order valence-electron chi connectivity index (χ0n) is 16.1. The maximum absolute atomic E-state index is 12.7. The molecule has 1 aromatic heterocycles. The highest BCUT2D eigenvalue weighted by molar-refractivity contribution is 8.00. The van der Waals surface area contributed by atoms with E-state index in [-0.39, 0.29) is 11.2 Å². The van der Waals surface area contributed by atoms with Gasteiger partial charge in [0, 0.05) is 5.69 Å². The van der Waals surface area contributed by atoms with Crippen molar-refractivity contribution in [2.45, 2.75) is 45.0 Å². The van der Waals surface area contributed by atoms with Gasteiger partial charge < -0.3 is 5.32 Å². The molecule has 0 radical (unpaired) electrons. The van der Waals surface area contributed by atoms with Crippen LogP contribution in [0.25, 0.3) is 5.69 Å². The van der Waals surface area contributed by atoms with Crippen molar-refractivity contribution < 1.29 is 4.79 Å². The van der Waals surface area contributed by atoms with Crippen molar-refractivity contribution >= 4 is 23.4 Å². The lowest BCUT2D eigenvalue weighted by Gasteiger charge is -2.14. The van der Waals surface area contributed by atoms with Crippen molar-refractivity contribution in [3.8, 4) is 5.69 Å². The number of amides is 1. The summed E-state index contributed by atoms with van der Waals surface area (Å²) in [6.45, 7) is 9.91. The summed E-state index contributed by atoms with van der Waals surface area (Å²) in [5.74, 6) is -0.0797. The first-order valence-electron chi connectivity index (χ1n) is 8.76. The van der Waals surface area contributed by atoms with Crippen molar-refractivity contribution in [2.75, 3.05) is 5.32 Å². The van der Waals surface area contributed by atoms with Crippen molar-refractivity contribution in [3.05, 3.63) is 58.7 Å². The average Bonchev–Trinajstić information content (AvgIpc) is 3.06. The smallest absolute Gasteiger partial charge is 0.237 e. The first kappa shape index (κ1) is 19.1. The minimum atomic E-state index is -0.347. The van der Waals surface area contributed by atoms with Crippen LogP contribution in [0.5, 0.6) is 0 Å². The van der Waals surface area contributed by atoms with E-state index in [0.717, 1.165) is 28.1 Å². The molecule has 0 aliphatic carbocycles. The number of benzene rings is 2. The molecular formula is C20H23N5OS. The highest BCUT2D eigenvalue weighted by Gasteiger charge is 2.20. The van der Waals surface area contributed by atoms with Gasteiger partial charge in [0.15, 0.2) is 0 Å². The van der Waals surface area contributed by atoms with E-state index in [1.54, 1.807) is 4.68 Å². The summed E-state index contributed by atoms with van der Waals surface area (Å²) in [6.07, 6.45) is 0. The minimum absolute atomic E-state index is 0.0797. The van der Waals surface area contributed by atoms with Crippen molar-refractivity contribution in [1.29, 1.82) is 0 Å². The van der Waals surface area contributed by atoms with Gasteiger partial charge in [0.1, 0.15) is 0 Å². The second-order valence-electron chi connectivity index (χ2n) is 6.73. The first-order chi connectivity index (χ1) is 12.8. The van der Waals surface area contributed by atoms with E-state index in [1.165, 1.54) is 17.3 Å². The lowest BCUT2D eigenvalue weighted by Crippen LogP contribution is -2.23. The SMILES string of the molecule is Cc1ccc(-n2nnnc2S[C@H](C)C(=O)Nc2cc(C)ccc2C)c(C)c1. The summed E-state index contributed by atoms with van der Waals surface area (Å²) in [6, 6.07) is 12.1. The van der Waals surface area contributed by atoms with Crippen molar-refractivity contribution in [2.24, 2.45) is 0 Å². The Balaban J connectivity index is 1.77. The molecule has 1 atom stereocenters. The summed E-state index contributed by atoms with van der Waals surface area (Å²) in [5.41, 5.74) is 6.15. The quantitative estimate of drug-likeness (QED) is 0.676. The van der Waals surface area contributed by atoms with E-state index in [9.17, 15) is 4.79 Å². The largest absolute Gasteiger partial charge is 0.325 e. The van der Waals surface area contributed by atoms with Crippen LogP contribution >= 0.6 is 11.8 Å². The summed E-state index contributed by atoms with van der Waals surface area (Å²) < 4.78 is 1.68. The lowest BCUT2D eigenvalue weighted by molar-refractivity contribution is -0.115. The van der Waals surface area contributed by atoms with E-state index < -0.39 is 0 Å². The molecular weight excluding hydrogens is 358 g/mol. The average molecular weight is 382 g/mol. The van der Waals surface area contributed by atoms with Crippen LogP contribution < -0.4 is 5.32 Å². The molecule has 0 aliphatic rings. The van der Waals surface area contributed by atoms with Gasteiger partial charge in [-0.25, -0.2) is 0 Å². The van der Waals surface area contributed by atoms with Crippen LogP contribution in [0.3, 0.4) is 0 Å². The fraction of sp³-hybridized carbons (Fsp3) is 0.300. The highest BCUT2D eigenvalue weighted by atomic mass is 32.2. The van der Waals surface area contributed by atoms with Gasteiger partial charge in [0.2, 0.25) is 11.1 Å². The van der Waals surface area contributed by atoms with Crippen LogP contribution in [-0.2, 0) is 4.79 Å². The topological polar surface area (TPSA) is 72.7 Å². The molecule has 2 aromatic carbocycles. The zero-order valence-corrected chi connectivity index (χ0v) is 17.0. The number of nitrogens with one attached hydrogen (secondary N) is 1. The zero-order chi connectivity index (χ0) is 19.6. The van der Waals surface area contributed by atoms with E-state index in [4.69, 9.17) is 0 Å². The molecule has 27 heavy (non-hydrogen) atoms. The van der Waals surface area contributed by atoms with E-state index in [2.05, 4.69) is 26.9 Å². The Kier molecular flexibility index (Phi) is 5.60.